The highest BCUT2D eigenvalue weighted by molar-refractivity contribution is 6.08. The maximum atomic E-state index is 15.3. The van der Waals surface area contributed by atoms with Crippen molar-refractivity contribution < 1.29 is 23.8 Å². The number of fused-ring (bicyclic) bond motifs is 3. The average molecular weight is 471 g/mol. The van der Waals surface area contributed by atoms with E-state index in [1.807, 2.05) is 16.8 Å². The zero-order valence-corrected chi connectivity index (χ0v) is 19.1. The lowest BCUT2D eigenvalue weighted by atomic mass is 9.73. The van der Waals surface area contributed by atoms with Crippen LogP contribution in [0, 0.1) is 5.82 Å². The summed E-state index contributed by atoms with van der Waals surface area (Å²) in [4.78, 5) is 49.7. The summed E-state index contributed by atoms with van der Waals surface area (Å²) in [6, 6.07) is 2.65. The third-order valence-corrected chi connectivity index (χ3v) is 7.14. The first kappa shape index (κ1) is 22.2. The van der Waals surface area contributed by atoms with Crippen LogP contribution in [0.1, 0.15) is 30.4 Å². The van der Waals surface area contributed by atoms with Crippen LogP contribution >= 0.6 is 0 Å². The zero-order chi connectivity index (χ0) is 24.2. The summed E-state index contributed by atoms with van der Waals surface area (Å²) in [7, 11) is 3.50. The SMILES string of the molecule is CN1CCCc2c1nc(N1CCC3(CC1)C(=O)N(C)c1cc(OCC(=O)O)cc(F)c13)[nH]c2=O. The average Bonchev–Trinajstić information content (AvgIpc) is 3.01. The number of carboxylic acid groups (broad SMARTS) is 1. The molecular formula is C23H26FN5O5. The molecule has 0 aliphatic carbocycles. The predicted molar refractivity (Wildman–Crippen MR) is 123 cm³/mol. The first-order valence-corrected chi connectivity index (χ1v) is 11.3. The number of hydrogen-bond donors (Lipinski definition) is 2. The summed E-state index contributed by atoms with van der Waals surface area (Å²) in [5.41, 5.74) is 0.223. The third-order valence-electron chi connectivity index (χ3n) is 7.14. The molecule has 0 bridgehead atoms. The highest BCUT2D eigenvalue weighted by Gasteiger charge is 2.53. The summed E-state index contributed by atoms with van der Waals surface area (Å²) in [6.07, 6.45) is 2.31. The number of halogens is 1. The number of benzene rings is 1. The number of anilines is 3. The molecule has 1 saturated heterocycles. The molecule has 1 aromatic carbocycles. The van der Waals surface area contributed by atoms with Crippen molar-refractivity contribution in [3.63, 3.8) is 0 Å². The Bertz CT molecular complexity index is 1240. The van der Waals surface area contributed by atoms with Crippen LogP contribution in [-0.4, -0.2) is 67.3 Å². The van der Waals surface area contributed by atoms with E-state index in [-0.39, 0.29) is 17.2 Å². The summed E-state index contributed by atoms with van der Waals surface area (Å²) in [5.74, 6) is -0.757. The molecule has 5 rings (SSSR count). The molecule has 3 aliphatic heterocycles. The number of nitrogens with one attached hydrogen (secondary N) is 1. The molecule has 1 amide bonds. The van der Waals surface area contributed by atoms with E-state index >= 15 is 4.39 Å². The number of piperidine rings is 1. The van der Waals surface area contributed by atoms with Crippen LogP contribution < -0.4 is 25.0 Å². The smallest absolute Gasteiger partial charge is 0.341 e. The van der Waals surface area contributed by atoms with Gasteiger partial charge in [-0.15, -0.1) is 0 Å². The molecule has 0 radical (unpaired) electrons. The number of carbonyl (C=O) groups excluding carboxylic acids is 1. The number of aliphatic carboxylic acids is 1. The predicted octanol–water partition coefficient (Wildman–Crippen LogP) is 1.27. The number of amides is 1. The van der Waals surface area contributed by atoms with Crippen LogP contribution in [-0.2, 0) is 21.4 Å². The maximum Gasteiger partial charge on any atom is 0.341 e. The molecule has 11 heteroatoms. The number of carbonyl (C=O) groups is 2. The fourth-order valence-corrected chi connectivity index (χ4v) is 5.40. The van der Waals surface area contributed by atoms with Crippen LogP contribution in [0.2, 0.25) is 0 Å². The second-order valence-electron chi connectivity index (χ2n) is 9.13. The zero-order valence-electron chi connectivity index (χ0n) is 19.1. The van der Waals surface area contributed by atoms with Gasteiger partial charge in [-0.05, 0) is 25.7 Å². The van der Waals surface area contributed by atoms with Crippen molar-refractivity contribution >= 4 is 29.3 Å². The first-order valence-electron chi connectivity index (χ1n) is 11.3. The molecule has 0 saturated carbocycles. The molecular weight excluding hydrogens is 445 g/mol. The van der Waals surface area contributed by atoms with Gasteiger partial charge in [0.15, 0.2) is 6.61 Å². The van der Waals surface area contributed by atoms with Crippen molar-refractivity contribution in [3.8, 4) is 5.75 Å². The van der Waals surface area contributed by atoms with E-state index in [1.54, 1.807) is 7.05 Å². The maximum absolute atomic E-state index is 15.3. The Morgan fingerprint density at radius 3 is 2.68 bits per heavy atom. The second-order valence-corrected chi connectivity index (χ2v) is 9.13. The van der Waals surface area contributed by atoms with Crippen molar-refractivity contribution in [1.29, 1.82) is 0 Å². The standard InChI is InChI=1S/C23H26FN5O5/c1-27-7-3-4-14-19(27)25-22(26-20(14)32)29-8-5-23(6-9-29)18-15(24)10-13(34-12-17(30)31)11-16(18)28(2)21(23)33/h10-11H,3-9,12H2,1-2H3,(H,30,31)(H,25,26,32). The number of nitrogens with zero attached hydrogens (tertiary/aromatic N) is 4. The van der Waals surface area contributed by atoms with Crippen molar-refractivity contribution in [3.05, 3.63) is 39.4 Å². The van der Waals surface area contributed by atoms with E-state index in [0.29, 0.717) is 60.9 Å². The number of hydrogen-bond acceptors (Lipinski definition) is 7. The molecule has 2 N–H and O–H groups in total. The number of ether oxygens (including phenoxy) is 1. The Morgan fingerprint density at radius 1 is 1.24 bits per heavy atom. The van der Waals surface area contributed by atoms with Crippen LogP contribution in [0.4, 0.5) is 21.8 Å². The molecule has 0 atom stereocenters. The van der Waals surface area contributed by atoms with E-state index in [1.165, 1.54) is 11.0 Å². The molecule has 3 aliphatic rings. The molecule has 4 heterocycles. The highest BCUT2D eigenvalue weighted by atomic mass is 19.1. The Morgan fingerprint density at radius 2 is 1.97 bits per heavy atom. The minimum absolute atomic E-state index is 0.0627. The van der Waals surface area contributed by atoms with Crippen LogP contribution in [0.15, 0.2) is 16.9 Å². The van der Waals surface area contributed by atoms with E-state index < -0.39 is 23.8 Å². The Hall–Kier alpha value is -3.63. The van der Waals surface area contributed by atoms with Gasteiger partial charge in [0.05, 0.1) is 16.7 Å². The van der Waals surface area contributed by atoms with Crippen molar-refractivity contribution in [2.45, 2.75) is 31.1 Å². The number of likely N-dealkylation sites (N-methyl/N-ethyl adjacent to an activating group) is 1. The summed E-state index contributed by atoms with van der Waals surface area (Å²) in [6.45, 7) is 1.07. The minimum Gasteiger partial charge on any atom is -0.482 e. The van der Waals surface area contributed by atoms with Crippen LogP contribution in [0.5, 0.6) is 5.75 Å². The molecule has 10 nitrogen and oxygen atoms in total. The van der Waals surface area contributed by atoms with Crippen molar-refractivity contribution in [2.24, 2.45) is 0 Å². The van der Waals surface area contributed by atoms with Crippen molar-refractivity contribution in [2.75, 3.05) is 55.0 Å². The number of H-pyrrole nitrogens is 1. The van der Waals surface area contributed by atoms with Crippen molar-refractivity contribution in [1.82, 2.24) is 9.97 Å². The van der Waals surface area contributed by atoms with Gasteiger partial charge in [-0.2, -0.15) is 4.98 Å². The third kappa shape index (κ3) is 3.37. The van der Waals surface area contributed by atoms with Gasteiger partial charge < -0.3 is 24.5 Å². The fourth-order valence-electron chi connectivity index (χ4n) is 5.40. The number of rotatable bonds is 4. The molecule has 0 unspecified atom stereocenters. The van der Waals surface area contributed by atoms with Gasteiger partial charge in [0.25, 0.3) is 5.56 Å². The van der Waals surface area contributed by atoms with Crippen LogP contribution in [0.3, 0.4) is 0 Å². The summed E-state index contributed by atoms with van der Waals surface area (Å²) in [5, 5.41) is 8.83. The van der Waals surface area contributed by atoms with Gasteiger partial charge in [0.1, 0.15) is 17.4 Å². The van der Waals surface area contributed by atoms with Gasteiger partial charge in [-0.25, -0.2) is 9.18 Å². The summed E-state index contributed by atoms with van der Waals surface area (Å²) < 4.78 is 20.4. The normalized spacial score (nSPS) is 18.8. The van der Waals surface area contributed by atoms with E-state index in [2.05, 4.69) is 4.98 Å². The van der Waals surface area contributed by atoms with E-state index in [0.717, 1.165) is 19.0 Å². The molecule has 1 aromatic heterocycles. The second kappa shape index (κ2) is 8.00. The molecule has 34 heavy (non-hydrogen) atoms. The van der Waals surface area contributed by atoms with E-state index in [9.17, 15) is 14.4 Å². The highest BCUT2D eigenvalue weighted by Crippen LogP contribution is 2.50. The minimum atomic E-state index is -1.17. The molecule has 1 fully saturated rings. The Balaban J connectivity index is 1.43. The van der Waals surface area contributed by atoms with Gasteiger partial charge in [0.2, 0.25) is 11.9 Å². The lowest BCUT2D eigenvalue weighted by Crippen LogP contribution is -2.49. The largest absolute Gasteiger partial charge is 0.482 e. The van der Waals surface area contributed by atoms with Crippen LogP contribution in [0.25, 0.3) is 0 Å². The lowest BCUT2D eigenvalue weighted by Gasteiger charge is -2.39. The molecule has 1 spiro atoms. The monoisotopic (exact) mass is 471 g/mol. The molecule has 180 valence electrons. The summed E-state index contributed by atoms with van der Waals surface area (Å²) >= 11 is 0. The molecule has 2 aromatic rings. The Labute approximate surface area is 194 Å². The topological polar surface area (TPSA) is 119 Å². The first-order chi connectivity index (χ1) is 16.2. The quantitative estimate of drug-likeness (QED) is 0.684. The van der Waals surface area contributed by atoms with Gasteiger partial charge >= 0.3 is 5.97 Å². The number of aromatic amines is 1. The van der Waals surface area contributed by atoms with Gasteiger partial charge in [0, 0.05) is 51.4 Å². The number of carboxylic acids is 1. The lowest BCUT2D eigenvalue weighted by molar-refractivity contribution is -0.139. The number of aromatic nitrogens is 2. The van der Waals surface area contributed by atoms with Gasteiger partial charge in [-0.3, -0.25) is 14.6 Å². The van der Waals surface area contributed by atoms with Gasteiger partial charge in [-0.1, -0.05) is 0 Å². The Kier molecular flexibility index (Phi) is 5.22. The van der Waals surface area contributed by atoms with E-state index in [4.69, 9.17) is 14.8 Å². The fraction of sp³-hybridized carbons (Fsp3) is 0.478.